The molecule has 10 heteroatoms. The quantitative estimate of drug-likeness (QED) is 0.286. The Hall–Kier alpha value is -4.50. The number of benzene rings is 3. The maximum Gasteiger partial charge on any atom is 0.418 e. The molecule has 6 rings (SSSR count). The molecule has 4 atom stereocenters. The number of imide groups is 1. The smallest absolute Gasteiger partial charge is 0.359 e. The van der Waals surface area contributed by atoms with Gasteiger partial charge in [-0.1, -0.05) is 60.1 Å². The highest BCUT2D eigenvalue weighted by Crippen LogP contribution is 2.49. The Balaban J connectivity index is 1.46. The fourth-order valence-corrected chi connectivity index (χ4v) is 6.01. The van der Waals surface area contributed by atoms with E-state index in [1.165, 1.54) is 54.8 Å². The molecule has 0 radical (unpaired) electrons. The van der Waals surface area contributed by atoms with E-state index in [0.29, 0.717) is 15.5 Å². The molecule has 0 bridgehead atoms. The van der Waals surface area contributed by atoms with Crippen LogP contribution in [0.2, 0.25) is 5.02 Å². The van der Waals surface area contributed by atoms with E-state index in [4.69, 9.17) is 11.6 Å². The zero-order chi connectivity index (χ0) is 29.1. The largest absolute Gasteiger partial charge is 0.418 e. The fraction of sp³-hybridized carbons (Fsp3) is 0.161. The summed E-state index contributed by atoms with van der Waals surface area (Å²) in [6.07, 6.45) is -0.290. The summed E-state index contributed by atoms with van der Waals surface area (Å²) in [6.45, 7) is 0. The van der Waals surface area contributed by atoms with Gasteiger partial charge in [-0.25, -0.2) is 4.90 Å². The summed E-state index contributed by atoms with van der Waals surface area (Å²) in [4.78, 5) is 56.9. The molecular weight excluding hydrogens is 557 g/mol. The van der Waals surface area contributed by atoms with E-state index in [0.717, 1.165) is 12.1 Å². The standard InChI is InChI=1S/C31H20ClF3N2O4/c32-20-12-10-18(11-13-20)28(39)26-25-24(23-16-19(14-15-36(23)26)27(38)17-6-2-1-3-7-17)29(40)37(30(25)41)22-9-5-4-8-21(22)31(33,34)35/h1-16,23-26H/t23-,24-,25+,26-/m1/s1. The van der Waals surface area contributed by atoms with E-state index in [9.17, 15) is 32.3 Å². The highest BCUT2D eigenvalue weighted by atomic mass is 35.5. The molecule has 3 aromatic rings. The number of rotatable bonds is 5. The van der Waals surface area contributed by atoms with Gasteiger partial charge in [0.15, 0.2) is 11.6 Å². The van der Waals surface area contributed by atoms with Crippen LogP contribution in [0.15, 0.2) is 103 Å². The fourth-order valence-electron chi connectivity index (χ4n) is 5.88. The third-order valence-corrected chi connectivity index (χ3v) is 7.95. The average Bonchev–Trinajstić information content (AvgIpc) is 3.44. The number of carbonyl (C=O) groups is 4. The van der Waals surface area contributed by atoms with Gasteiger partial charge in [0, 0.05) is 27.9 Å². The summed E-state index contributed by atoms with van der Waals surface area (Å²) >= 11 is 5.98. The molecular formula is C31H20ClF3N2O4. The molecule has 0 unspecified atom stereocenters. The Morgan fingerprint density at radius 1 is 0.780 bits per heavy atom. The monoisotopic (exact) mass is 576 g/mol. The third-order valence-electron chi connectivity index (χ3n) is 7.69. The molecule has 0 aliphatic carbocycles. The minimum Gasteiger partial charge on any atom is -0.359 e. The van der Waals surface area contributed by atoms with Crippen molar-refractivity contribution in [2.45, 2.75) is 18.3 Å². The first-order valence-electron chi connectivity index (χ1n) is 12.7. The molecule has 0 N–H and O–H groups in total. The van der Waals surface area contributed by atoms with Crippen LogP contribution in [-0.2, 0) is 15.8 Å². The van der Waals surface area contributed by atoms with Crippen LogP contribution in [0.25, 0.3) is 0 Å². The predicted molar refractivity (Wildman–Crippen MR) is 144 cm³/mol. The van der Waals surface area contributed by atoms with Gasteiger partial charge in [0.2, 0.25) is 11.8 Å². The van der Waals surface area contributed by atoms with Gasteiger partial charge in [-0.3, -0.25) is 19.2 Å². The second kappa shape index (κ2) is 9.85. The zero-order valence-corrected chi connectivity index (χ0v) is 21.8. The van der Waals surface area contributed by atoms with Crippen LogP contribution in [0.1, 0.15) is 26.3 Å². The lowest BCUT2D eigenvalue weighted by Crippen LogP contribution is -2.46. The normalized spacial score (nSPS) is 23.4. The average molecular weight is 577 g/mol. The number of ketones is 2. The minimum atomic E-state index is -4.83. The molecule has 3 aromatic carbocycles. The molecule has 0 spiro atoms. The van der Waals surface area contributed by atoms with Crippen molar-refractivity contribution in [2.24, 2.45) is 11.8 Å². The van der Waals surface area contributed by atoms with Crippen LogP contribution < -0.4 is 4.90 Å². The highest BCUT2D eigenvalue weighted by Gasteiger charge is 2.64. The lowest BCUT2D eigenvalue weighted by molar-refractivity contribution is -0.137. The van der Waals surface area contributed by atoms with Gasteiger partial charge in [-0.2, -0.15) is 13.2 Å². The van der Waals surface area contributed by atoms with Crippen molar-refractivity contribution in [1.29, 1.82) is 0 Å². The van der Waals surface area contributed by atoms with Gasteiger partial charge in [-0.15, -0.1) is 0 Å². The molecule has 3 heterocycles. The number of fused-ring (bicyclic) bond motifs is 3. The second-order valence-electron chi connectivity index (χ2n) is 9.97. The van der Waals surface area contributed by atoms with Crippen LogP contribution in [-0.4, -0.2) is 40.4 Å². The third kappa shape index (κ3) is 4.37. The van der Waals surface area contributed by atoms with Crippen LogP contribution >= 0.6 is 11.6 Å². The summed E-state index contributed by atoms with van der Waals surface area (Å²) in [5, 5.41) is 0.385. The lowest BCUT2D eigenvalue weighted by Gasteiger charge is -2.33. The molecule has 41 heavy (non-hydrogen) atoms. The summed E-state index contributed by atoms with van der Waals surface area (Å²) in [6, 6.07) is 16.6. The SMILES string of the molecule is O=C(C1=C[C@@H]2[C@H]3C(=O)N(c4ccccc4C(F)(F)F)C(=O)[C@@H]3[C@H](C(=O)c3ccc(Cl)cc3)N2C=C1)c1ccccc1. The van der Waals surface area contributed by atoms with Gasteiger partial charge in [0.25, 0.3) is 0 Å². The van der Waals surface area contributed by atoms with Crippen molar-refractivity contribution in [3.8, 4) is 0 Å². The number of para-hydroxylation sites is 1. The lowest BCUT2D eigenvalue weighted by atomic mass is 9.85. The number of hydrogen-bond acceptors (Lipinski definition) is 5. The van der Waals surface area contributed by atoms with E-state index < -0.39 is 58.9 Å². The van der Waals surface area contributed by atoms with Gasteiger partial charge in [-0.05, 0) is 42.5 Å². The first kappa shape index (κ1) is 26.7. The maximum absolute atomic E-state index is 13.9. The van der Waals surface area contributed by atoms with E-state index in [2.05, 4.69) is 0 Å². The summed E-state index contributed by atoms with van der Waals surface area (Å²) < 4.78 is 41.7. The molecule has 2 fully saturated rings. The number of Topliss-reactive ketones (excluding diaryl/α,β-unsaturated/α-hetero) is 2. The number of hydrogen-bond donors (Lipinski definition) is 0. The van der Waals surface area contributed by atoms with Crippen LogP contribution in [0.4, 0.5) is 18.9 Å². The summed E-state index contributed by atoms with van der Waals surface area (Å²) in [5.41, 5.74) is -0.876. The Morgan fingerprint density at radius 3 is 2.10 bits per heavy atom. The van der Waals surface area contributed by atoms with Crippen LogP contribution in [0.5, 0.6) is 0 Å². The molecule has 0 saturated carbocycles. The Morgan fingerprint density at radius 2 is 1.41 bits per heavy atom. The Labute approximate surface area is 237 Å². The number of halogens is 4. The number of allylic oxidation sites excluding steroid dienone is 2. The van der Waals surface area contributed by atoms with Gasteiger partial charge < -0.3 is 4.90 Å². The van der Waals surface area contributed by atoms with Gasteiger partial charge in [0.1, 0.15) is 6.04 Å². The predicted octanol–water partition coefficient (Wildman–Crippen LogP) is 5.74. The summed E-state index contributed by atoms with van der Waals surface area (Å²) in [5.74, 6) is -5.09. The molecule has 3 aliphatic rings. The number of carbonyl (C=O) groups excluding carboxylic acids is 4. The molecule has 0 aromatic heterocycles. The number of alkyl halides is 3. The van der Waals surface area contributed by atoms with Crippen molar-refractivity contribution in [2.75, 3.05) is 4.90 Å². The molecule has 2 saturated heterocycles. The first-order valence-corrected chi connectivity index (χ1v) is 13.1. The van der Waals surface area contributed by atoms with Crippen molar-refractivity contribution in [1.82, 2.24) is 4.90 Å². The highest BCUT2D eigenvalue weighted by molar-refractivity contribution is 6.30. The van der Waals surface area contributed by atoms with Crippen molar-refractivity contribution < 1.29 is 32.3 Å². The molecule has 6 nitrogen and oxygen atoms in total. The number of amides is 2. The molecule has 2 amide bonds. The van der Waals surface area contributed by atoms with Crippen molar-refractivity contribution in [3.05, 3.63) is 125 Å². The number of anilines is 1. The van der Waals surface area contributed by atoms with E-state index in [-0.39, 0.29) is 16.9 Å². The van der Waals surface area contributed by atoms with E-state index in [1.807, 2.05) is 0 Å². The minimum absolute atomic E-state index is 0.219. The van der Waals surface area contributed by atoms with Crippen molar-refractivity contribution in [3.63, 3.8) is 0 Å². The van der Waals surface area contributed by atoms with Gasteiger partial charge >= 0.3 is 6.18 Å². The van der Waals surface area contributed by atoms with E-state index in [1.54, 1.807) is 35.2 Å². The van der Waals surface area contributed by atoms with E-state index >= 15 is 0 Å². The topological polar surface area (TPSA) is 74.8 Å². The molecule has 3 aliphatic heterocycles. The van der Waals surface area contributed by atoms with Crippen molar-refractivity contribution >= 4 is 40.7 Å². The number of nitrogens with zero attached hydrogens (tertiary/aromatic N) is 2. The van der Waals surface area contributed by atoms with Gasteiger partial charge in [0.05, 0.1) is 29.1 Å². The van der Waals surface area contributed by atoms with Crippen LogP contribution in [0, 0.1) is 11.8 Å². The molecule has 206 valence electrons. The second-order valence-corrected chi connectivity index (χ2v) is 10.4. The van der Waals surface area contributed by atoms with Crippen LogP contribution in [0.3, 0.4) is 0 Å². The zero-order valence-electron chi connectivity index (χ0n) is 21.1. The maximum atomic E-state index is 13.9. The Kier molecular flexibility index (Phi) is 6.42. The Bertz CT molecular complexity index is 1650. The summed E-state index contributed by atoms with van der Waals surface area (Å²) in [7, 11) is 0. The first-order chi connectivity index (χ1) is 19.6.